The van der Waals surface area contributed by atoms with E-state index in [2.05, 4.69) is 22.0 Å². The number of hydrogen-bond donors (Lipinski definition) is 0. The van der Waals surface area contributed by atoms with Crippen LogP contribution in [0.5, 0.6) is 5.75 Å². The Balaban J connectivity index is 1.58. The van der Waals surface area contributed by atoms with Crippen LogP contribution in [-0.2, 0) is 6.54 Å². The summed E-state index contributed by atoms with van der Waals surface area (Å²) in [6, 6.07) is 10.5. The molecule has 0 bridgehead atoms. The van der Waals surface area contributed by atoms with E-state index in [-0.39, 0.29) is 0 Å². The number of rotatable bonds is 5. The molecule has 1 fully saturated rings. The van der Waals surface area contributed by atoms with E-state index in [0.29, 0.717) is 11.9 Å². The fourth-order valence-corrected chi connectivity index (χ4v) is 3.59. The smallest absolute Gasteiger partial charge is 0.229 e. The minimum absolute atomic E-state index is 0.352. The topological polar surface area (TPSA) is 51.6 Å². The van der Waals surface area contributed by atoms with Gasteiger partial charge in [-0.05, 0) is 38.4 Å². The Morgan fingerprint density at radius 3 is 2.96 bits per heavy atom. The normalized spacial score (nSPS) is 17.9. The summed E-state index contributed by atoms with van der Waals surface area (Å²) in [5.41, 5.74) is 3.11. The van der Waals surface area contributed by atoms with E-state index < -0.39 is 0 Å². The fraction of sp³-hybridized carbons (Fsp3) is 0.350. The van der Waals surface area contributed by atoms with Crippen molar-refractivity contribution in [1.82, 2.24) is 9.88 Å². The Hall–Kier alpha value is -2.53. The first-order valence-electron chi connectivity index (χ1n) is 8.62. The van der Waals surface area contributed by atoms with Gasteiger partial charge in [-0.3, -0.25) is 4.90 Å². The van der Waals surface area contributed by atoms with Crippen LogP contribution < -0.4 is 4.74 Å². The summed E-state index contributed by atoms with van der Waals surface area (Å²) in [4.78, 5) is 7.15. The first-order valence-corrected chi connectivity index (χ1v) is 8.62. The predicted octanol–water partition coefficient (Wildman–Crippen LogP) is 4.59. The van der Waals surface area contributed by atoms with Gasteiger partial charge in [-0.25, -0.2) is 4.98 Å². The van der Waals surface area contributed by atoms with Gasteiger partial charge in [-0.2, -0.15) is 0 Å². The van der Waals surface area contributed by atoms with Crippen LogP contribution in [0.3, 0.4) is 0 Å². The minimum atomic E-state index is 0.352. The van der Waals surface area contributed by atoms with Gasteiger partial charge in [-0.1, -0.05) is 18.2 Å². The molecular weight excluding hydrogens is 316 g/mol. The second-order valence-corrected chi connectivity index (χ2v) is 6.40. The van der Waals surface area contributed by atoms with Gasteiger partial charge in [0.15, 0.2) is 0 Å². The van der Waals surface area contributed by atoms with Crippen molar-refractivity contribution in [3.05, 3.63) is 59.9 Å². The van der Waals surface area contributed by atoms with Gasteiger partial charge in [-0.15, -0.1) is 0 Å². The van der Waals surface area contributed by atoms with Crippen LogP contribution in [0.4, 0.5) is 0 Å². The van der Waals surface area contributed by atoms with Crippen LogP contribution in [0.2, 0.25) is 0 Å². The maximum absolute atomic E-state index is 5.83. The van der Waals surface area contributed by atoms with E-state index in [1.54, 1.807) is 19.6 Å². The second-order valence-electron chi connectivity index (χ2n) is 6.40. The summed E-state index contributed by atoms with van der Waals surface area (Å²) in [6.07, 6.45) is 5.59. The third-order valence-electron chi connectivity index (χ3n) is 4.88. The molecule has 1 aromatic carbocycles. The summed E-state index contributed by atoms with van der Waals surface area (Å²) in [5, 5.41) is 0. The van der Waals surface area contributed by atoms with E-state index in [0.717, 1.165) is 42.3 Å². The Labute approximate surface area is 147 Å². The lowest BCUT2D eigenvalue weighted by Crippen LogP contribution is -2.23. The maximum Gasteiger partial charge on any atom is 0.229 e. The van der Waals surface area contributed by atoms with Gasteiger partial charge in [0.1, 0.15) is 17.8 Å². The SMILES string of the molecule is COc1ccccc1[C@@H]1CCCN1Cc1nc(-c2ccoc2)oc1C. The van der Waals surface area contributed by atoms with E-state index >= 15 is 0 Å². The Kier molecular flexibility index (Phi) is 4.32. The summed E-state index contributed by atoms with van der Waals surface area (Å²) < 4.78 is 16.5. The molecule has 5 nitrogen and oxygen atoms in total. The third-order valence-corrected chi connectivity index (χ3v) is 4.88. The molecule has 0 spiro atoms. The van der Waals surface area contributed by atoms with Crippen LogP contribution in [-0.4, -0.2) is 23.5 Å². The molecule has 3 aromatic rings. The number of oxazole rings is 1. The van der Waals surface area contributed by atoms with Crippen molar-refractivity contribution in [2.45, 2.75) is 32.4 Å². The Morgan fingerprint density at radius 1 is 1.28 bits per heavy atom. The molecule has 0 unspecified atom stereocenters. The molecule has 1 atom stereocenters. The molecule has 130 valence electrons. The van der Waals surface area contributed by atoms with Gasteiger partial charge in [0.2, 0.25) is 5.89 Å². The average Bonchev–Trinajstić information content (AvgIpc) is 3.37. The van der Waals surface area contributed by atoms with Gasteiger partial charge >= 0.3 is 0 Å². The van der Waals surface area contributed by atoms with Crippen LogP contribution >= 0.6 is 0 Å². The van der Waals surface area contributed by atoms with Crippen molar-refractivity contribution < 1.29 is 13.6 Å². The number of methoxy groups -OCH3 is 1. The highest BCUT2D eigenvalue weighted by atomic mass is 16.5. The third kappa shape index (κ3) is 3.07. The van der Waals surface area contributed by atoms with E-state index in [4.69, 9.17) is 13.6 Å². The number of aromatic nitrogens is 1. The highest BCUT2D eigenvalue weighted by Crippen LogP contribution is 2.38. The van der Waals surface area contributed by atoms with Crippen LogP contribution in [0.25, 0.3) is 11.5 Å². The molecule has 2 aromatic heterocycles. The Bertz CT molecular complexity index is 839. The van der Waals surface area contributed by atoms with Gasteiger partial charge in [0, 0.05) is 18.2 Å². The molecule has 1 saturated heterocycles. The molecule has 0 saturated carbocycles. The first kappa shape index (κ1) is 16.0. The molecule has 1 aliphatic rings. The van der Waals surface area contributed by atoms with Crippen molar-refractivity contribution >= 4 is 0 Å². The zero-order valence-corrected chi connectivity index (χ0v) is 14.6. The molecule has 3 heterocycles. The zero-order valence-electron chi connectivity index (χ0n) is 14.6. The van der Waals surface area contributed by atoms with Crippen molar-refractivity contribution in [1.29, 1.82) is 0 Å². The van der Waals surface area contributed by atoms with Crippen LogP contribution in [0.15, 0.2) is 51.7 Å². The number of furan rings is 1. The number of nitrogens with zero attached hydrogens (tertiary/aromatic N) is 2. The van der Waals surface area contributed by atoms with E-state index in [9.17, 15) is 0 Å². The van der Waals surface area contributed by atoms with E-state index in [1.165, 1.54) is 12.0 Å². The molecule has 0 radical (unpaired) electrons. The van der Waals surface area contributed by atoms with Crippen LogP contribution in [0, 0.1) is 6.92 Å². The number of ether oxygens (including phenoxy) is 1. The highest BCUT2D eigenvalue weighted by Gasteiger charge is 2.29. The Morgan fingerprint density at radius 2 is 2.16 bits per heavy atom. The monoisotopic (exact) mass is 338 g/mol. The lowest BCUT2D eigenvalue weighted by atomic mass is 10.0. The van der Waals surface area contributed by atoms with E-state index in [1.807, 2.05) is 25.1 Å². The van der Waals surface area contributed by atoms with Gasteiger partial charge < -0.3 is 13.6 Å². The summed E-state index contributed by atoms with van der Waals surface area (Å²) in [7, 11) is 1.73. The van der Waals surface area contributed by atoms with Gasteiger partial charge in [0.25, 0.3) is 0 Å². The molecule has 1 aliphatic heterocycles. The van der Waals surface area contributed by atoms with Crippen molar-refractivity contribution in [3.63, 3.8) is 0 Å². The molecule has 0 aliphatic carbocycles. The fourth-order valence-electron chi connectivity index (χ4n) is 3.59. The number of hydrogen-bond acceptors (Lipinski definition) is 5. The number of benzene rings is 1. The zero-order chi connectivity index (χ0) is 17.2. The molecule has 4 rings (SSSR count). The molecular formula is C20H22N2O3. The predicted molar refractivity (Wildman–Crippen MR) is 94.3 cm³/mol. The maximum atomic E-state index is 5.83. The number of likely N-dealkylation sites (tertiary alicyclic amines) is 1. The average molecular weight is 338 g/mol. The molecule has 25 heavy (non-hydrogen) atoms. The quantitative estimate of drug-likeness (QED) is 0.681. The van der Waals surface area contributed by atoms with Gasteiger partial charge in [0.05, 0.1) is 24.6 Å². The van der Waals surface area contributed by atoms with Crippen molar-refractivity contribution in [2.75, 3.05) is 13.7 Å². The lowest BCUT2D eigenvalue weighted by Gasteiger charge is -2.25. The highest BCUT2D eigenvalue weighted by molar-refractivity contribution is 5.51. The first-order chi connectivity index (χ1) is 12.3. The summed E-state index contributed by atoms with van der Waals surface area (Å²) >= 11 is 0. The number of aryl methyl sites for hydroxylation is 1. The number of para-hydroxylation sites is 1. The van der Waals surface area contributed by atoms with Crippen molar-refractivity contribution in [2.24, 2.45) is 0 Å². The molecule has 0 amide bonds. The molecule has 5 heteroatoms. The lowest BCUT2D eigenvalue weighted by molar-refractivity contribution is 0.239. The van der Waals surface area contributed by atoms with Crippen molar-refractivity contribution in [3.8, 4) is 17.2 Å². The summed E-state index contributed by atoms with van der Waals surface area (Å²) in [5.74, 6) is 2.44. The summed E-state index contributed by atoms with van der Waals surface area (Å²) in [6.45, 7) is 3.80. The standard InChI is InChI=1S/C20H22N2O3/c1-14-17(21-20(25-14)15-9-11-24-13-15)12-22-10-5-7-18(22)16-6-3-4-8-19(16)23-2/h3-4,6,8-9,11,13,18H,5,7,10,12H2,1-2H3/t18-/m0/s1. The molecule has 0 N–H and O–H groups in total. The minimum Gasteiger partial charge on any atom is -0.496 e. The second kappa shape index (κ2) is 6.76. The largest absolute Gasteiger partial charge is 0.496 e. The van der Waals surface area contributed by atoms with Crippen LogP contribution in [0.1, 0.15) is 35.9 Å².